The minimum Gasteiger partial charge on any atom is -0.480 e. The smallest absolute Gasteiger partial charge is 0.326 e. The number of amides is 2. The van der Waals surface area contributed by atoms with Crippen LogP contribution in [0.2, 0.25) is 0 Å². The zero-order chi connectivity index (χ0) is 16.0. The summed E-state index contributed by atoms with van der Waals surface area (Å²) in [6, 6.07) is 7.15. The van der Waals surface area contributed by atoms with Gasteiger partial charge >= 0.3 is 12.0 Å². The molecule has 0 heterocycles. The van der Waals surface area contributed by atoms with E-state index in [2.05, 4.69) is 5.32 Å². The van der Waals surface area contributed by atoms with E-state index >= 15 is 0 Å². The number of aliphatic carboxylic acids is 1. The van der Waals surface area contributed by atoms with E-state index in [0.29, 0.717) is 17.7 Å². The second-order valence-corrected chi connectivity index (χ2v) is 5.16. The van der Waals surface area contributed by atoms with Gasteiger partial charge in [-0.3, -0.25) is 4.90 Å². The molecular weight excluding hydrogens is 270 g/mol. The zero-order valence-corrected chi connectivity index (χ0v) is 12.3. The lowest BCUT2D eigenvalue weighted by Gasteiger charge is -2.23. The molecule has 0 aliphatic carbocycles. The molecule has 0 spiro atoms. The molecule has 0 aliphatic heterocycles. The molecule has 0 saturated heterocycles. The Morgan fingerprint density at radius 1 is 1.38 bits per heavy atom. The Bertz CT molecular complexity index is 564. The molecule has 0 bridgehead atoms. The highest BCUT2D eigenvalue weighted by Crippen LogP contribution is 2.18. The summed E-state index contributed by atoms with van der Waals surface area (Å²) in [6.45, 7) is 3.77. The number of carbonyl (C=O) groups excluding carboxylic acids is 1. The highest BCUT2D eigenvalue weighted by atomic mass is 16.4. The third-order valence-corrected chi connectivity index (χ3v) is 2.99. The van der Waals surface area contributed by atoms with E-state index in [-0.39, 0.29) is 5.92 Å². The standard InChI is InChI=1S/C15H19N3O3/c1-10(2)8-12(14(19)20)17-15(21)18(3)13-7-5-4-6-11(13)9-16/h4-7,10,12H,8H2,1-3H3,(H,17,21)(H,19,20)/t12-/m0/s1. The van der Waals surface area contributed by atoms with Crippen molar-refractivity contribution in [3.63, 3.8) is 0 Å². The fourth-order valence-corrected chi connectivity index (χ4v) is 1.91. The van der Waals surface area contributed by atoms with Gasteiger partial charge in [0.05, 0.1) is 11.3 Å². The Morgan fingerprint density at radius 2 is 2.00 bits per heavy atom. The van der Waals surface area contributed by atoms with Crippen molar-refractivity contribution in [2.45, 2.75) is 26.3 Å². The minimum absolute atomic E-state index is 0.142. The molecule has 1 rings (SSSR count). The van der Waals surface area contributed by atoms with E-state index in [1.807, 2.05) is 19.9 Å². The topological polar surface area (TPSA) is 93.4 Å². The van der Waals surface area contributed by atoms with Crippen LogP contribution in [0.4, 0.5) is 10.5 Å². The number of nitriles is 1. The molecular formula is C15H19N3O3. The molecule has 1 aromatic carbocycles. The number of carboxylic acid groups (broad SMARTS) is 1. The number of carboxylic acids is 1. The van der Waals surface area contributed by atoms with Crippen LogP contribution < -0.4 is 10.2 Å². The van der Waals surface area contributed by atoms with E-state index in [0.717, 1.165) is 0 Å². The summed E-state index contributed by atoms with van der Waals surface area (Å²) >= 11 is 0. The molecule has 0 aliphatic rings. The maximum atomic E-state index is 12.2. The molecule has 0 fully saturated rings. The number of hydrogen-bond acceptors (Lipinski definition) is 3. The van der Waals surface area contributed by atoms with Gasteiger partial charge in [-0.25, -0.2) is 9.59 Å². The molecule has 1 atom stereocenters. The van der Waals surface area contributed by atoms with E-state index in [9.17, 15) is 9.59 Å². The van der Waals surface area contributed by atoms with Crippen molar-refractivity contribution in [2.24, 2.45) is 5.92 Å². The Kier molecular flexibility index (Phi) is 5.73. The maximum absolute atomic E-state index is 12.2. The fraction of sp³-hybridized carbons (Fsp3) is 0.400. The fourth-order valence-electron chi connectivity index (χ4n) is 1.91. The summed E-state index contributed by atoms with van der Waals surface area (Å²) in [4.78, 5) is 24.6. The largest absolute Gasteiger partial charge is 0.480 e. The third kappa shape index (κ3) is 4.49. The average molecular weight is 289 g/mol. The van der Waals surface area contributed by atoms with E-state index < -0.39 is 18.0 Å². The van der Waals surface area contributed by atoms with Crippen LogP contribution in [0.5, 0.6) is 0 Å². The van der Waals surface area contributed by atoms with Crippen LogP contribution in [0.1, 0.15) is 25.8 Å². The lowest BCUT2D eigenvalue weighted by molar-refractivity contribution is -0.139. The van der Waals surface area contributed by atoms with Gasteiger partial charge in [-0.2, -0.15) is 5.26 Å². The van der Waals surface area contributed by atoms with Gasteiger partial charge in [0.15, 0.2) is 0 Å². The van der Waals surface area contributed by atoms with Gasteiger partial charge in [0.1, 0.15) is 12.1 Å². The van der Waals surface area contributed by atoms with Crippen molar-refractivity contribution >= 4 is 17.7 Å². The Hall–Kier alpha value is -2.55. The number of anilines is 1. The van der Waals surface area contributed by atoms with Crippen LogP contribution in [0.15, 0.2) is 24.3 Å². The van der Waals surface area contributed by atoms with Crippen molar-refractivity contribution < 1.29 is 14.7 Å². The number of hydrogen-bond donors (Lipinski definition) is 2. The number of para-hydroxylation sites is 1. The first kappa shape index (κ1) is 16.5. The summed E-state index contributed by atoms with van der Waals surface area (Å²) in [7, 11) is 1.50. The van der Waals surface area contributed by atoms with E-state index in [1.54, 1.807) is 24.3 Å². The molecule has 21 heavy (non-hydrogen) atoms. The third-order valence-electron chi connectivity index (χ3n) is 2.99. The van der Waals surface area contributed by atoms with Crippen molar-refractivity contribution in [2.75, 3.05) is 11.9 Å². The van der Waals surface area contributed by atoms with Crippen molar-refractivity contribution in [1.29, 1.82) is 5.26 Å². The van der Waals surface area contributed by atoms with Gasteiger partial charge in [0.2, 0.25) is 0 Å². The van der Waals surface area contributed by atoms with Gasteiger partial charge in [-0.1, -0.05) is 26.0 Å². The monoisotopic (exact) mass is 289 g/mol. The normalized spacial score (nSPS) is 11.6. The van der Waals surface area contributed by atoms with Crippen molar-refractivity contribution in [1.82, 2.24) is 5.32 Å². The molecule has 0 aromatic heterocycles. The van der Waals surface area contributed by atoms with E-state index in [1.165, 1.54) is 11.9 Å². The number of benzene rings is 1. The molecule has 6 heteroatoms. The highest BCUT2D eigenvalue weighted by molar-refractivity contribution is 5.95. The quantitative estimate of drug-likeness (QED) is 0.869. The number of carbonyl (C=O) groups is 2. The van der Waals surface area contributed by atoms with Crippen LogP contribution in [0.3, 0.4) is 0 Å². The lowest BCUT2D eigenvalue weighted by atomic mass is 10.0. The van der Waals surface area contributed by atoms with Crippen LogP contribution in [-0.4, -0.2) is 30.2 Å². The molecule has 0 radical (unpaired) electrons. The Morgan fingerprint density at radius 3 is 2.52 bits per heavy atom. The molecule has 2 amide bonds. The number of nitrogens with zero attached hydrogens (tertiary/aromatic N) is 2. The molecule has 2 N–H and O–H groups in total. The summed E-state index contributed by atoms with van der Waals surface area (Å²) in [5, 5.41) is 20.6. The highest BCUT2D eigenvalue weighted by Gasteiger charge is 2.23. The van der Waals surface area contributed by atoms with Gasteiger partial charge < -0.3 is 10.4 Å². The maximum Gasteiger partial charge on any atom is 0.326 e. The second kappa shape index (κ2) is 7.29. The average Bonchev–Trinajstić information content (AvgIpc) is 2.45. The minimum atomic E-state index is -1.07. The zero-order valence-electron chi connectivity index (χ0n) is 12.3. The predicted molar refractivity (Wildman–Crippen MR) is 79.0 cm³/mol. The van der Waals surface area contributed by atoms with E-state index in [4.69, 9.17) is 10.4 Å². The summed E-state index contributed by atoms with van der Waals surface area (Å²) < 4.78 is 0. The SMILES string of the molecule is CC(C)C[C@H](NC(=O)N(C)c1ccccc1C#N)C(=O)O. The Labute approximate surface area is 124 Å². The van der Waals surface area contributed by atoms with Gasteiger partial charge in [-0.15, -0.1) is 0 Å². The Balaban J connectivity index is 2.87. The molecule has 1 aromatic rings. The molecule has 112 valence electrons. The first-order valence-electron chi connectivity index (χ1n) is 6.63. The number of nitrogens with one attached hydrogen (secondary N) is 1. The molecule has 6 nitrogen and oxygen atoms in total. The van der Waals surface area contributed by atoms with Crippen molar-refractivity contribution in [3.8, 4) is 6.07 Å². The predicted octanol–water partition coefficient (Wildman–Crippen LogP) is 2.20. The van der Waals surface area contributed by atoms with Crippen molar-refractivity contribution in [3.05, 3.63) is 29.8 Å². The number of urea groups is 1. The first-order chi connectivity index (χ1) is 9.86. The van der Waals surface area contributed by atoms with Crippen LogP contribution >= 0.6 is 0 Å². The van der Waals surface area contributed by atoms with Gasteiger partial charge in [0, 0.05) is 7.05 Å². The van der Waals surface area contributed by atoms with Gasteiger partial charge in [0.25, 0.3) is 0 Å². The lowest BCUT2D eigenvalue weighted by Crippen LogP contribution is -2.47. The summed E-state index contributed by atoms with van der Waals surface area (Å²) in [6.07, 6.45) is 0.342. The van der Waals surface area contributed by atoms with Gasteiger partial charge in [-0.05, 0) is 24.5 Å². The van der Waals surface area contributed by atoms with Crippen LogP contribution in [0, 0.1) is 17.2 Å². The summed E-state index contributed by atoms with van der Waals surface area (Å²) in [5.41, 5.74) is 0.789. The summed E-state index contributed by atoms with van der Waals surface area (Å²) in [5.74, 6) is -0.929. The number of rotatable bonds is 5. The molecule has 0 saturated carbocycles. The van der Waals surface area contributed by atoms with Crippen LogP contribution in [0.25, 0.3) is 0 Å². The molecule has 0 unspecified atom stereocenters. The van der Waals surface area contributed by atoms with Crippen LogP contribution in [-0.2, 0) is 4.79 Å². The second-order valence-electron chi connectivity index (χ2n) is 5.16. The first-order valence-corrected chi connectivity index (χ1v) is 6.63.